The summed E-state index contributed by atoms with van der Waals surface area (Å²) in [5.74, 6) is 2.71. The highest BCUT2D eigenvalue weighted by molar-refractivity contribution is 5.10. The Labute approximate surface area is 99.1 Å². The van der Waals surface area contributed by atoms with Crippen LogP contribution in [0.25, 0.3) is 0 Å². The lowest BCUT2D eigenvalue weighted by Gasteiger charge is -2.48. The maximum atomic E-state index is 6.56. The summed E-state index contributed by atoms with van der Waals surface area (Å²) in [7, 11) is 0. The van der Waals surface area contributed by atoms with E-state index in [1.165, 1.54) is 51.4 Å². The quantitative estimate of drug-likeness (QED) is 0.753. The van der Waals surface area contributed by atoms with Crippen LogP contribution < -0.4 is 11.5 Å². The number of fused-ring (bicyclic) bond motifs is 3. The molecule has 3 rings (SSSR count). The van der Waals surface area contributed by atoms with E-state index in [-0.39, 0.29) is 0 Å². The molecule has 0 aromatic heterocycles. The van der Waals surface area contributed by atoms with Gasteiger partial charge in [-0.2, -0.15) is 0 Å². The van der Waals surface area contributed by atoms with Crippen LogP contribution in [0.1, 0.15) is 51.4 Å². The Balaban J connectivity index is 1.77. The first-order valence-corrected chi connectivity index (χ1v) is 7.22. The molecular formula is C14H26N2. The molecule has 5 atom stereocenters. The van der Waals surface area contributed by atoms with Crippen molar-refractivity contribution in [2.24, 2.45) is 34.6 Å². The summed E-state index contributed by atoms with van der Waals surface area (Å²) in [6.45, 7) is 0.865. The number of rotatable bonds is 2. The van der Waals surface area contributed by atoms with Crippen LogP contribution in [0.15, 0.2) is 0 Å². The van der Waals surface area contributed by atoms with Crippen molar-refractivity contribution in [1.29, 1.82) is 0 Å². The molecule has 3 aliphatic carbocycles. The molecule has 2 heteroatoms. The van der Waals surface area contributed by atoms with Crippen LogP contribution in [0, 0.1) is 23.2 Å². The highest BCUT2D eigenvalue weighted by Crippen LogP contribution is 2.61. The first-order chi connectivity index (χ1) is 7.76. The zero-order chi connectivity index (χ0) is 11.2. The van der Waals surface area contributed by atoms with Crippen molar-refractivity contribution in [2.45, 2.75) is 57.4 Å². The third-order valence-corrected chi connectivity index (χ3v) is 5.96. The van der Waals surface area contributed by atoms with Gasteiger partial charge in [0, 0.05) is 6.04 Å². The van der Waals surface area contributed by atoms with Gasteiger partial charge in [0.2, 0.25) is 0 Å². The Morgan fingerprint density at radius 3 is 2.75 bits per heavy atom. The Bertz CT molecular complexity index is 259. The van der Waals surface area contributed by atoms with Gasteiger partial charge in [-0.1, -0.05) is 12.8 Å². The molecular weight excluding hydrogens is 196 g/mol. The molecule has 0 aromatic carbocycles. The lowest BCUT2D eigenvalue weighted by atomic mass is 9.59. The van der Waals surface area contributed by atoms with Crippen LogP contribution in [0.5, 0.6) is 0 Å². The van der Waals surface area contributed by atoms with E-state index >= 15 is 0 Å². The van der Waals surface area contributed by atoms with Crippen molar-refractivity contribution >= 4 is 0 Å². The van der Waals surface area contributed by atoms with E-state index in [0.29, 0.717) is 11.5 Å². The minimum absolute atomic E-state index is 0.520. The maximum Gasteiger partial charge on any atom is 0.0127 e. The highest BCUT2D eigenvalue weighted by Gasteiger charge is 2.57. The van der Waals surface area contributed by atoms with Crippen molar-refractivity contribution in [2.75, 3.05) is 6.54 Å². The Morgan fingerprint density at radius 2 is 2.06 bits per heavy atom. The average Bonchev–Trinajstić information content (AvgIpc) is 2.84. The maximum absolute atomic E-state index is 6.56. The second-order valence-corrected chi connectivity index (χ2v) is 6.57. The number of hydrogen-bond donors (Lipinski definition) is 2. The Morgan fingerprint density at radius 1 is 1.19 bits per heavy atom. The fraction of sp³-hybridized carbons (Fsp3) is 1.00. The summed E-state index contributed by atoms with van der Waals surface area (Å²) in [6, 6.07) is 0.520. The molecule has 0 unspecified atom stereocenters. The fourth-order valence-corrected chi connectivity index (χ4v) is 5.22. The molecule has 0 saturated heterocycles. The molecule has 3 fully saturated rings. The third kappa shape index (κ3) is 1.46. The molecule has 0 heterocycles. The lowest BCUT2D eigenvalue weighted by molar-refractivity contribution is 0.0465. The smallest absolute Gasteiger partial charge is 0.0127 e. The number of hydrogen-bond acceptors (Lipinski definition) is 2. The first kappa shape index (κ1) is 11.0. The van der Waals surface area contributed by atoms with Crippen LogP contribution >= 0.6 is 0 Å². The van der Waals surface area contributed by atoms with Gasteiger partial charge < -0.3 is 11.5 Å². The molecule has 92 valence electrons. The van der Waals surface area contributed by atoms with Crippen molar-refractivity contribution < 1.29 is 0 Å². The molecule has 3 aliphatic rings. The molecule has 4 N–H and O–H groups in total. The Kier molecular flexibility index (Phi) is 2.75. The fourth-order valence-electron chi connectivity index (χ4n) is 5.22. The van der Waals surface area contributed by atoms with E-state index in [2.05, 4.69) is 0 Å². The zero-order valence-corrected chi connectivity index (χ0v) is 10.3. The highest BCUT2D eigenvalue weighted by atomic mass is 14.8. The van der Waals surface area contributed by atoms with Gasteiger partial charge >= 0.3 is 0 Å². The first-order valence-electron chi connectivity index (χ1n) is 7.22. The van der Waals surface area contributed by atoms with Gasteiger partial charge in [-0.25, -0.2) is 0 Å². The molecule has 0 aromatic rings. The van der Waals surface area contributed by atoms with Crippen molar-refractivity contribution in [1.82, 2.24) is 0 Å². The van der Waals surface area contributed by atoms with Crippen LogP contribution in [-0.2, 0) is 0 Å². The van der Waals surface area contributed by atoms with Gasteiger partial charge in [-0.15, -0.1) is 0 Å². The summed E-state index contributed by atoms with van der Waals surface area (Å²) >= 11 is 0. The van der Waals surface area contributed by atoms with E-state index < -0.39 is 0 Å². The van der Waals surface area contributed by atoms with E-state index in [1.54, 1.807) is 0 Å². The monoisotopic (exact) mass is 222 g/mol. The van der Waals surface area contributed by atoms with Gasteiger partial charge in [0.15, 0.2) is 0 Å². The number of nitrogens with two attached hydrogens (primary N) is 2. The minimum atomic E-state index is 0.520. The third-order valence-electron chi connectivity index (χ3n) is 5.96. The van der Waals surface area contributed by atoms with Crippen molar-refractivity contribution in [3.8, 4) is 0 Å². The average molecular weight is 222 g/mol. The van der Waals surface area contributed by atoms with Crippen LogP contribution in [0.2, 0.25) is 0 Å². The predicted octanol–water partition coefficient (Wildman–Crippen LogP) is 2.27. The standard InChI is InChI=1S/C14H26N2/c15-7-5-10-2-1-6-14(9-10)12-4-3-11(8-12)13(14)16/h10-13H,1-9,15-16H2/t10-,11-,12+,13+,14-/m0/s1. The Hall–Kier alpha value is -0.0800. The minimum Gasteiger partial charge on any atom is -0.330 e. The molecule has 3 saturated carbocycles. The van der Waals surface area contributed by atoms with Gasteiger partial charge in [-0.05, 0) is 68.2 Å². The van der Waals surface area contributed by atoms with E-state index in [4.69, 9.17) is 11.5 Å². The van der Waals surface area contributed by atoms with Crippen molar-refractivity contribution in [3.05, 3.63) is 0 Å². The molecule has 2 nitrogen and oxygen atoms in total. The van der Waals surface area contributed by atoms with E-state index in [1.807, 2.05) is 0 Å². The zero-order valence-electron chi connectivity index (χ0n) is 10.3. The van der Waals surface area contributed by atoms with Crippen molar-refractivity contribution in [3.63, 3.8) is 0 Å². The summed E-state index contributed by atoms with van der Waals surface area (Å²) in [5, 5.41) is 0. The second kappa shape index (κ2) is 3.99. The van der Waals surface area contributed by atoms with Gasteiger partial charge in [0.25, 0.3) is 0 Å². The summed E-state index contributed by atoms with van der Waals surface area (Å²) in [5.41, 5.74) is 12.8. The predicted molar refractivity (Wildman–Crippen MR) is 66.9 cm³/mol. The van der Waals surface area contributed by atoms with E-state index in [0.717, 1.165) is 24.3 Å². The van der Waals surface area contributed by atoms with Gasteiger partial charge in [0.1, 0.15) is 0 Å². The molecule has 2 bridgehead atoms. The SMILES string of the molecule is NCC[C@@H]1CCC[C@]2(C1)[C@@H]1CC[C@@H](C1)[C@H]2N. The molecule has 1 spiro atoms. The summed E-state index contributed by atoms with van der Waals surface area (Å²) in [4.78, 5) is 0. The van der Waals surface area contributed by atoms with Crippen LogP contribution in [0.4, 0.5) is 0 Å². The molecule has 0 radical (unpaired) electrons. The molecule has 0 amide bonds. The van der Waals surface area contributed by atoms with Gasteiger partial charge in [0.05, 0.1) is 0 Å². The van der Waals surface area contributed by atoms with Crippen LogP contribution in [-0.4, -0.2) is 12.6 Å². The lowest BCUT2D eigenvalue weighted by Crippen LogP contribution is -2.49. The normalized spacial score (nSPS) is 51.4. The van der Waals surface area contributed by atoms with E-state index in [9.17, 15) is 0 Å². The molecule has 16 heavy (non-hydrogen) atoms. The summed E-state index contributed by atoms with van der Waals surface area (Å²) < 4.78 is 0. The van der Waals surface area contributed by atoms with Gasteiger partial charge in [-0.3, -0.25) is 0 Å². The largest absolute Gasteiger partial charge is 0.330 e. The summed E-state index contributed by atoms with van der Waals surface area (Å²) in [6.07, 6.45) is 11.2. The van der Waals surface area contributed by atoms with Crippen LogP contribution in [0.3, 0.4) is 0 Å². The second-order valence-electron chi connectivity index (χ2n) is 6.57. The topological polar surface area (TPSA) is 52.0 Å². The molecule has 0 aliphatic heterocycles.